The van der Waals surface area contributed by atoms with Crippen molar-refractivity contribution in [2.45, 2.75) is 45.0 Å². The highest BCUT2D eigenvalue weighted by molar-refractivity contribution is 6.62. The molecule has 0 atom stereocenters. The highest BCUT2D eigenvalue weighted by Gasteiger charge is 2.52. The van der Waals surface area contributed by atoms with Gasteiger partial charge in [0.05, 0.1) is 29.3 Å². The molecule has 0 bridgehead atoms. The van der Waals surface area contributed by atoms with E-state index in [4.69, 9.17) is 18.8 Å². The third kappa shape index (κ3) is 2.94. The molecule has 0 aromatic heterocycles. The first-order valence-electron chi connectivity index (χ1n) is 7.58. The fourth-order valence-electron chi connectivity index (χ4n) is 2.36. The van der Waals surface area contributed by atoms with Crippen LogP contribution in [0.5, 0.6) is 5.75 Å². The third-order valence-corrected chi connectivity index (χ3v) is 4.61. The van der Waals surface area contributed by atoms with Gasteiger partial charge in [-0.2, -0.15) is 0 Å². The van der Waals surface area contributed by atoms with E-state index in [1.807, 2.05) is 27.7 Å². The number of nitrogens with zero attached hydrogens (tertiary/aromatic N) is 1. The number of benzene rings is 1. The molecule has 2 heterocycles. The monoisotopic (exact) mass is 321 g/mol. The summed E-state index contributed by atoms with van der Waals surface area (Å²) in [5, 5.41) is 11.3. The van der Waals surface area contributed by atoms with Gasteiger partial charge in [-0.25, -0.2) is 0 Å². The number of nitro benzene ring substituents is 1. The summed E-state index contributed by atoms with van der Waals surface area (Å²) in [6.45, 7) is 8.67. The Labute approximate surface area is 135 Å². The van der Waals surface area contributed by atoms with Crippen LogP contribution in [0.2, 0.25) is 0 Å². The molecule has 0 unspecified atom stereocenters. The average Bonchev–Trinajstić information content (AvgIpc) is 2.62. The minimum atomic E-state index is -0.639. The Morgan fingerprint density at radius 2 is 1.83 bits per heavy atom. The van der Waals surface area contributed by atoms with Crippen LogP contribution in [0.4, 0.5) is 5.69 Å². The molecule has 2 aliphatic rings. The highest BCUT2D eigenvalue weighted by atomic mass is 16.7. The second-order valence-electron chi connectivity index (χ2n) is 6.85. The molecular formula is C15H20BNO6. The van der Waals surface area contributed by atoms with E-state index in [9.17, 15) is 10.1 Å². The zero-order valence-electron chi connectivity index (χ0n) is 13.7. The van der Waals surface area contributed by atoms with Gasteiger partial charge in [0.25, 0.3) is 0 Å². The summed E-state index contributed by atoms with van der Waals surface area (Å²) < 4.78 is 22.5. The molecule has 2 saturated heterocycles. The lowest BCUT2D eigenvalue weighted by molar-refractivity contribution is -0.386. The van der Waals surface area contributed by atoms with Crippen molar-refractivity contribution in [1.82, 2.24) is 0 Å². The van der Waals surface area contributed by atoms with E-state index in [-0.39, 0.29) is 17.5 Å². The van der Waals surface area contributed by atoms with Gasteiger partial charge in [0.1, 0.15) is 6.10 Å². The normalized spacial score (nSPS) is 22.7. The second-order valence-corrected chi connectivity index (χ2v) is 6.85. The second kappa shape index (κ2) is 5.47. The Balaban J connectivity index is 1.86. The summed E-state index contributed by atoms with van der Waals surface area (Å²) in [7, 11) is -0.639. The molecule has 2 fully saturated rings. The van der Waals surface area contributed by atoms with E-state index >= 15 is 0 Å². The molecule has 3 rings (SSSR count). The Morgan fingerprint density at radius 1 is 1.22 bits per heavy atom. The smallest absolute Gasteiger partial charge is 0.479 e. The van der Waals surface area contributed by atoms with Crippen molar-refractivity contribution in [3.63, 3.8) is 0 Å². The molecule has 0 N–H and O–H groups in total. The molecule has 124 valence electrons. The van der Waals surface area contributed by atoms with Gasteiger partial charge in [0, 0.05) is 6.07 Å². The Hall–Kier alpha value is -1.64. The van der Waals surface area contributed by atoms with Crippen LogP contribution in [0.25, 0.3) is 0 Å². The Morgan fingerprint density at radius 3 is 2.30 bits per heavy atom. The Kier molecular flexibility index (Phi) is 3.86. The van der Waals surface area contributed by atoms with E-state index in [0.717, 1.165) is 0 Å². The molecule has 0 radical (unpaired) electrons. The Bertz CT molecular complexity index is 612. The topological polar surface area (TPSA) is 80.1 Å². The van der Waals surface area contributed by atoms with Gasteiger partial charge < -0.3 is 18.8 Å². The maximum Gasteiger partial charge on any atom is 0.495 e. The third-order valence-electron chi connectivity index (χ3n) is 4.61. The number of nitro groups is 1. The van der Waals surface area contributed by atoms with Crippen molar-refractivity contribution in [2.24, 2.45) is 0 Å². The van der Waals surface area contributed by atoms with Crippen LogP contribution in [0, 0.1) is 10.1 Å². The molecule has 1 aromatic carbocycles. The van der Waals surface area contributed by atoms with Crippen LogP contribution in [0.1, 0.15) is 27.7 Å². The van der Waals surface area contributed by atoms with Gasteiger partial charge in [0.15, 0.2) is 5.75 Å². The molecule has 0 amide bonds. The maximum absolute atomic E-state index is 11.3. The lowest BCUT2D eigenvalue weighted by Crippen LogP contribution is -2.41. The lowest BCUT2D eigenvalue weighted by Gasteiger charge is -2.32. The fourth-order valence-corrected chi connectivity index (χ4v) is 2.36. The van der Waals surface area contributed by atoms with Gasteiger partial charge in [-0.05, 0) is 39.2 Å². The van der Waals surface area contributed by atoms with Gasteiger partial charge in [-0.15, -0.1) is 0 Å². The predicted octanol–water partition coefficient (Wildman–Crippen LogP) is 1.67. The van der Waals surface area contributed by atoms with Crippen LogP contribution >= 0.6 is 0 Å². The van der Waals surface area contributed by atoms with E-state index in [0.29, 0.717) is 18.7 Å². The summed E-state index contributed by atoms with van der Waals surface area (Å²) >= 11 is 0. The number of ether oxygens (including phenoxy) is 2. The van der Waals surface area contributed by atoms with E-state index < -0.39 is 23.2 Å². The first-order valence-corrected chi connectivity index (χ1v) is 7.58. The van der Waals surface area contributed by atoms with Crippen molar-refractivity contribution in [3.8, 4) is 5.75 Å². The molecule has 1 aromatic rings. The standard InChI is InChI=1S/C15H20BNO6/c1-14(2)15(3,4)23-16(22-14)10-5-6-13(12(7-10)17(18)19)21-11-8-20-9-11/h5-7,11H,8-9H2,1-4H3. The van der Waals surface area contributed by atoms with Crippen molar-refractivity contribution in [3.05, 3.63) is 28.3 Å². The fraction of sp³-hybridized carbons (Fsp3) is 0.600. The number of rotatable bonds is 4. The minimum Gasteiger partial charge on any atom is -0.479 e. The van der Waals surface area contributed by atoms with E-state index in [2.05, 4.69) is 0 Å². The van der Waals surface area contributed by atoms with E-state index in [1.165, 1.54) is 6.07 Å². The molecule has 0 saturated carbocycles. The van der Waals surface area contributed by atoms with Gasteiger partial charge >= 0.3 is 12.8 Å². The first-order chi connectivity index (χ1) is 10.7. The number of hydrogen-bond acceptors (Lipinski definition) is 6. The SMILES string of the molecule is CC1(C)OB(c2ccc(OC3COC3)c([N+](=O)[O-])c2)OC1(C)C. The van der Waals surface area contributed by atoms with Gasteiger partial charge in [-0.1, -0.05) is 6.07 Å². The summed E-state index contributed by atoms with van der Waals surface area (Å²) in [6, 6.07) is 4.79. The van der Waals surface area contributed by atoms with Crippen LogP contribution in [-0.2, 0) is 14.0 Å². The molecular weight excluding hydrogens is 301 g/mol. The average molecular weight is 321 g/mol. The zero-order valence-corrected chi connectivity index (χ0v) is 13.7. The zero-order chi connectivity index (χ0) is 16.8. The summed E-state index contributed by atoms with van der Waals surface area (Å²) in [6.07, 6.45) is -0.128. The molecule has 23 heavy (non-hydrogen) atoms. The minimum absolute atomic E-state index is 0.0934. The molecule has 0 spiro atoms. The maximum atomic E-state index is 11.3. The number of hydrogen-bond donors (Lipinski definition) is 0. The van der Waals surface area contributed by atoms with Crippen molar-refractivity contribution < 1.29 is 23.7 Å². The van der Waals surface area contributed by atoms with Gasteiger partial charge in [0.2, 0.25) is 0 Å². The molecule has 2 aliphatic heterocycles. The summed E-state index contributed by atoms with van der Waals surface area (Å²) in [5.74, 6) is 0.239. The van der Waals surface area contributed by atoms with Crippen LogP contribution in [-0.4, -0.2) is 42.6 Å². The summed E-state index contributed by atoms with van der Waals surface area (Å²) in [5.41, 5.74) is -0.479. The predicted molar refractivity (Wildman–Crippen MR) is 84.0 cm³/mol. The molecule has 8 heteroatoms. The van der Waals surface area contributed by atoms with Crippen molar-refractivity contribution in [1.29, 1.82) is 0 Å². The van der Waals surface area contributed by atoms with Crippen molar-refractivity contribution >= 4 is 18.3 Å². The first kappa shape index (κ1) is 16.2. The molecule has 7 nitrogen and oxygen atoms in total. The molecule has 0 aliphatic carbocycles. The van der Waals surface area contributed by atoms with E-state index in [1.54, 1.807) is 12.1 Å². The van der Waals surface area contributed by atoms with Crippen LogP contribution in [0.15, 0.2) is 18.2 Å². The quantitative estimate of drug-likeness (QED) is 0.477. The summed E-state index contributed by atoms with van der Waals surface area (Å²) in [4.78, 5) is 10.9. The van der Waals surface area contributed by atoms with Gasteiger partial charge in [-0.3, -0.25) is 10.1 Å². The van der Waals surface area contributed by atoms with Crippen LogP contribution < -0.4 is 10.2 Å². The lowest BCUT2D eigenvalue weighted by atomic mass is 9.79. The highest BCUT2D eigenvalue weighted by Crippen LogP contribution is 2.37. The largest absolute Gasteiger partial charge is 0.495 e. The van der Waals surface area contributed by atoms with Crippen LogP contribution in [0.3, 0.4) is 0 Å². The van der Waals surface area contributed by atoms with Crippen molar-refractivity contribution in [2.75, 3.05) is 13.2 Å².